The molecule has 0 aliphatic heterocycles. The minimum Gasteiger partial charge on any atom is -0.496 e. The highest BCUT2D eigenvalue weighted by Gasteiger charge is 2.21. The molecule has 0 unspecified atom stereocenters. The first-order valence-electron chi connectivity index (χ1n) is 5.68. The lowest BCUT2D eigenvalue weighted by Gasteiger charge is -2.11. The van der Waals surface area contributed by atoms with E-state index in [-0.39, 0.29) is 11.6 Å². The number of aromatic carboxylic acids is 1. The molecule has 0 atom stereocenters. The molecule has 0 saturated carbocycles. The van der Waals surface area contributed by atoms with Gasteiger partial charge in [0, 0.05) is 5.56 Å². The number of aromatic nitrogens is 2. The number of nitrogens with one attached hydrogen (secondary N) is 1. The number of nitrogens with two attached hydrogens (primary N) is 1. The molecule has 2 rings (SSSR count). The molecule has 100 valence electrons. The van der Waals surface area contributed by atoms with E-state index < -0.39 is 5.97 Å². The second-order valence-electron chi connectivity index (χ2n) is 4.31. The first-order valence-corrected chi connectivity index (χ1v) is 5.68. The van der Waals surface area contributed by atoms with E-state index in [1.165, 1.54) is 7.11 Å². The molecular weight excluding hydrogens is 246 g/mol. The highest BCUT2D eigenvalue weighted by molar-refractivity contribution is 5.95. The average molecular weight is 261 g/mol. The summed E-state index contributed by atoms with van der Waals surface area (Å²) >= 11 is 0. The van der Waals surface area contributed by atoms with Crippen molar-refractivity contribution < 1.29 is 14.6 Å². The van der Waals surface area contributed by atoms with E-state index >= 15 is 0 Å². The molecule has 0 radical (unpaired) electrons. The molecule has 0 spiro atoms. The zero-order valence-electron chi connectivity index (χ0n) is 10.9. The van der Waals surface area contributed by atoms with Crippen LogP contribution in [0.25, 0.3) is 11.3 Å². The number of nitrogens with zero attached hydrogens (tertiary/aromatic N) is 1. The van der Waals surface area contributed by atoms with Crippen molar-refractivity contribution in [1.82, 2.24) is 9.97 Å². The van der Waals surface area contributed by atoms with Crippen LogP contribution in [0.15, 0.2) is 12.1 Å². The second kappa shape index (κ2) is 4.64. The number of H-pyrrole nitrogens is 1. The third kappa shape index (κ3) is 2.24. The molecule has 1 aromatic carbocycles. The van der Waals surface area contributed by atoms with Crippen LogP contribution in [-0.4, -0.2) is 28.2 Å². The molecule has 0 amide bonds. The monoisotopic (exact) mass is 261 g/mol. The normalized spacial score (nSPS) is 10.5. The molecule has 19 heavy (non-hydrogen) atoms. The Morgan fingerprint density at radius 2 is 2.11 bits per heavy atom. The van der Waals surface area contributed by atoms with E-state index in [0.29, 0.717) is 17.0 Å². The van der Waals surface area contributed by atoms with Crippen molar-refractivity contribution in [2.45, 2.75) is 13.8 Å². The molecule has 0 fully saturated rings. The van der Waals surface area contributed by atoms with Gasteiger partial charge in [-0.15, -0.1) is 0 Å². The second-order valence-corrected chi connectivity index (χ2v) is 4.31. The summed E-state index contributed by atoms with van der Waals surface area (Å²) in [5.41, 5.74) is 8.35. The molecule has 1 aromatic heterocycles. The molecule has 2 aromatic rings. The van der Waals surface area contributed by atoms with E-state index in [9.17, 15) is 9.90 Å². The van der Waals surface area contributed by atoms with Gasteiger partial charge in [0.25, 0.3) is 0 Å². The van der Waals surface area contributed by atoms with Crippen molar-refractivity contribution in [1.29, 1.82) is 0 Å². The maximum Gasteiger partial charge on any atom is 0.354 e. The van der Waals surface area contributed by atoms with Gasteiger partial charge in [-0.2, -0.15) is 0 Å². The molecular formula is C13H15N3O3. The lowest BCUT2D eigenvalue weighted by atomic mass is 10.0. The quantitative estimate of drug-likeness (QED) is 0.784. The molecule has 0 aliphatic rings. The fourth-order valence-electron chi connectivity index (χ4n) is 2.12. The number of anilines is 1. The fraction of sp³-hybridized carbons (Fsp3) is 0.231. The summed E-state index contributed by atoms with van der Waals surface area (Å²) in [6, 6.07) is 3.77. The van der Waals surface area contributed by atoms with Crippen LogP contribution in [0.5, 0.6) is 5.75 Å². The Balaban J connectivity index is 2.75. The van der Waals surface area contributed by atoms with Gasteiger partial charge in [-0.1, -0.05) is 6.07 Å². The maximum absolute atomic E-state index is 11.2. The third-order valence-corrected chi connectivity index (χ3v) is 2.84. The summed E-state index contributed by atoms with van der Waals surface area (Å²) in [5, 5.41) is 9.18. The molecule has 6 heteroatoms. The maximum atomic E-state index is 11.2. The summed E-state index contributed by atoms with van der Waals surface area (Å²) in [6.45, 7) is 3.82. The number of rotatable bonds is 3. The number of hydrogen-bond acceptors (Lipinski definition) is 4. The van der Waals surface area contributed by atoms with Crippen LogP contribution >= 0.6 is 0 Å². The standard InChI is InChI=1S/C13H15N3O3/c1-6-4-7(2)9(8(5-6)19-3)10-11(12(17)18)16-13(14)15-10/h4-5H,1-3H3,(H,17,18)(H3,14,15,16). The lowest BCUT2D eigenvalue weighted by Crippen LogP contribution is -2.01. The first kappa shape index (κ1) is 12.9. The zero-order chi connectivity index (χ0) is 14.2. The molecule has 4 N–H and O–H groups in total. The first-order chi connectivity index (χ1) is 8.93. The van der Waals surface area contributed by atoms with Crippen molar-refractivity contribution in [3.8, 4) is 17.0 Å². The molecule has 1 heterocycles. The Labute approximate surface area is 110 Å². The fourth-order valence-corrected chi connectivity index (χ4v) is 2.12. The van der Waals surface area contributed by atoms with Crippen LogP contribution in [0.4, 0.5) is 5.95 Å². The lowest BCUT2D eigenvalue weighted by molar-refractivity contribution is 0.0692. The Morgan fingerprint density at radius 3 is 2.68 bits per heavy atom. The number of methoxy groups -OCH3 is 1. The van der Waals surface area contributed by atoms with Gasteiger partial charge >= 0.3 is 5.97 Å². The highest BCUT2D eigenvalue weighted by atomic mass is 16.5. The van der Waals surface area contributed by atoms with Crippen molar-refractivity contribution >= 4 is 11.9 Å². The minimum atomic E-state index is -1.11. The summed E-state index contributed by atoms with van der Waals surface area (Å²) in [5.74, 6) is -0.470. The van der Waals surface area contributed by atoms with Gasteiger partial charge in [0.05, 0.1) is 7.11 Å². The predicted octanol–water partition coefficient (Wildman–Crippen LogP) is 1.98. The number of carboxylic acid groups (broad SMARTS) is 1. The Morgan fingerprint density at radius 1 is 1.42 bits per heavy atom. The van der Waals surface area contributed by atoms with Crippen LogP contribution in [0.3, 0.4) is 0 Å². The number of aromatic amines is 1. The number of carboxylic acids is 1. The Bertz CT molecular complexity index is 647. The van der Waals surface area contributed by atoms with Gasteiger partial charge in [0.1, 0.15) is 11.4 Å². The van der Waals surface area contributed by atoms with Crippen molar-refractivity contribution in [2.24, 2.45) is 0 Å². The van der Waals surface area contributed by atoms with E-state index in [0.717, 1.165) is 11.1 Å². The van der Waals surface area contributed by atoms with Gasteiger partial charge in [0.15, 0.2) is 11.6 Å². The van der Waals surface area contributed by atoms with Gasteiger partial charge in [0.2, 0.25) is 0 Å². The van der Waals surface area contributed by atoms with E-state index in [2.05, 4.69) is 9.97 Å². The zero-order valence-corrected chi connectivity index (χ0v) is 10.9. The van der Waals surface area contributed by atoms with Crippen molar-refractivity contribution in [2.75, 3.05) is 12.8 Å². The van der Waals surface area contributed by atoms with Crippen LogP contribution in [0.1, 0.15) is 21.6 Å². The summed E-state index contributed by atoms with van der Waals surface area (Å²) in [6.07, 6.45) is 0. The van der Waals surface area contributed by atoms with Crippen LogP contribution < -0.4 is 10.5 Å². The number of imidazole rings is 1. The number of ether oxygens (including phenoxy) is 1. The van der Waals surface area contributed by atoms with E-state index in [1.54, 1.807) is 0 Å². The largest absolute Gasteiger partial charge is 0.496 e. The number of hydrogen-bond donors (Lipinski definition) is 3. The van der Waals surface area contributed by atoms with E-state index in [1.807, 2.05) is 26.0 Å². The van der Waals surface area contributed by atoms with Crippen molar-refractivity contribution in [3.05, 3.63) is 29.0 Å². The number of carbonyl (C=O) groups is 1. The number of benzene rings is 1. The highest BCUT2D eigenvalue weighted by Crippen LogP contribution is 2.35. The summed E-state index contributed by atoms with van der Waals surface area (Å²) in [7, 11) is 1.54. The molecule has 0 bridgehead atoms. The van der Waals surface area contributed by atoms with Crippen LogP contribution in [0.2, 0.25) is 0 Å². The number of nitrogen functional groups attached to an aromatic ring is 1. The van der Waals surface area contributed by atoms with Crippen LogP contribution in [-0.2, 0) is 0 Å². The van der Waals surface area contributed by atoms with Gasteiger partial charge in [-0.05, 0) is 31.0 Å². The summed E-state index contributed by atoms with van der Waals surface area (Å²) < 4.78 is 5.32. The minimum absolute atomic E-state index is 0.0391. The smallest absolute Gasteiger partial charge is 0.354 e. The topological polar surface area (TPSA) is 101 Å². The Kier molecular flexibility index (Phi) is 3.16. The summed E-state index contributed by atoms with van der Waals surface area (Å²) in [4.78, 5) is 17.8. The third-order valence-electron chi connectivity index (χ3n) is 2.84. The number of aryl methyl sites for hydroxylation is 2. The van der Waals surface area contributed by atoms with Crippen LogP contribution in [0, 0.1) is 13.8 Å². The van der Waals surface area contributed by atoms with Gasteiger partial charge in [-0.25, -0.2) is 9.78 Å². The SMILES string of the molecule is COc1cc(C)cc(C)c1-c1nc(N)[nH]c1C(=O)O. The Hall–Kier alpha value is -2.50. The van der Waals surface area contributed by atoms with Gasteiger partial charge < -0.3 is 20.6 Å². The molecule has 0 aliphatic carbocycles. The van der Waals surface area contributed by atoms with E-state index in [4.69, 9.17) is 10.5 Å². The molecule has 6 nitrogen and oxygen atoms in total. The molecule has 0 saturated heterocycles. The van der Waals surface area contributed by atoms with Crippen molar-refractivity contribution in [3.63, 3.8) is 0 Å². The van der Waals surface area contributed by atoms with Gasteiger partial charge in [-0.3, -0.25) is 0 Å². The average Bonchev–Trinajstić information content (AvgIpc) is 2.70. The predicted molar refractivity (Wildman–Crippen MR) is 71.4 cm³/mol.